The molecule has 1 aliphatic rings. The second-order valence-electron chi connectivity index (χ2n) is 2.81. The summed E-state index contributed by atoms with van der Waals surface area (Å²) in [5, 5.41) is 6.63. The molecule has 1 unspecified atom stereocenters. The van der Waals surface area contributed by atoms with Gasteiger partial charge in [0.25, 0.3) is 0 Å². The fourth-order valence-corrected chi connectivity index (χ4v) is 1.89. The zero-order valence-electron chi connectivity index (χ0n) is 6.78. The maximum Gasteiger partial charge on any atom is 0.172 e. The van der Waals surface area contributed by atoms with E-state index >= 15 is 0 Å². The Morgan fingerprint density at radius 1 is 1.08 bits per heavy atom. The van der Waals surface area contributed by atoms with Crippen molar-refractivity contribution in [2.75, 3.05) is 0 Å². The van der Waals surface area contributed by atoms with Crippen molar-refractivity contribution >= 4 is 34.5 Å². The molecule has 0 amide bonds. The molecule has 0 saturated carbocycles. The van der Waals surface area contributed by atoms with E-state index in [0.29, 0.717) is 5.11 Å². The second kappa shape index (κ2) is 3.40. The Kier molecular flexibility index (Phi) is 2.24. The van der Waals surface area contributed by atoms with Crippen molar-refractivity contribution in [1.29, 1.82) is 0 Å². The van der Waals surface area contributed by atoms with Crippen molar-refractivity contribution in [3.63, 3.8) is 0 Å². The van der Waals surface area contributed by atoms with Crippen molar-refractivity contribution in [3.05, 3.63) is 35.9 Å². The molecule has 0 bridgehead atoms. The molecule has 0 spiro atoms. The predicted octanol–water partition coefficient (Wildman–Crippen LogP) is 1.53. The lowest BCUT2D eigenvalue weighted by atomic mass is 10.1. The van der Waals surface area contributed by atoms with E-state index in [4.69, 9.17) is 24.4 Å². The topological polar surface area (TPSA) is 24.1 Å². The van der Waals surface area contributed by atoms with Gasteiger partial charge in [0.15, 0.2) is 5.11 Å². The minimum absolute atomic E-state index is 0.0451. The number of thiocarbonyl (C=S) groups is 2. The van der Waals surface area contributed by atoms with E-state index in [2.05, 4.69) is 10.6 Å². The molecule has 4 heteroatoms. The number of benzene rings is 1. The highest BCUT2D eigenvalue weighted by atomic mass is 32.1. The maximum atomic E-state index is 5.14. The number of nitrogens with one attached hydrogen (secondary N) is 2. The van der Waals surface area contributed by atoms with Gasteiger partial charge in [-0.25, -0.2) is 0 Å². The summed E-state index contributed by atoms with van der Waals surface area (Å²) in [6, 6.07) is 10.1. The average molecular weight is 208 g/mol. The zero-order valence-corrected chi connectivity index (χ0v) is 8.41. The van der Waals surface area contributed by atoms with Crippen molar-refractivity contribution in [2.24, 2.45) is 0 Å². The van der Waals surface area contributed by atoms with Gasteiger partial charge in [-0.1, -0.05) is 42.5 Å². The lowest BCUT2D eigenvalue weighted by Gasteiger charge is -2.08. The first kappa shape index (κ1) is 8.59. The first-order chi connectivity index (χ1) is 6.27. The van der Waals surface area contributed by atoms with Gasteiger partial charge in [0.1, 0.15) is 11.0 Å². The molecule has 1 atom stereocenters. The molecule has 2 N–H and O–H groups in total. The Labute approximate surface area is 87.3 Å². The van der Waals surface area contributed by atoms with Crippen molar-refractivity contribution in [3.8, 4) is 0 Å². The standard InChI is InChI=1S/C9H8N2S2/c12-8-7(10-9(13)11-8)6-4-2-1-3-5-6/h1-5,7H,(H2,10,11,12,13). The Morgan fingerprint density at radius 3 is 2.31 bits per heavy atom. The quantitative estimate of drug-likeness (QED) is 0.684. The summed E-state index contributed by atoms with van der Waals surface area (Å²) >= 11 is 10.1. The first-order valence-corrected chi connectivity index (χ1v) is 4.75. The molecule has 1 heterocycles. The van der Waals surface area contributed by atoms with Gasteiger partial charge in [0.2, 0.25) is 0 Å². The van der Waals surface area contributed by atoms with Crippen LogP contribution in [-0.4, -0.2) is 10.1 Å². The van der Waals surface area contributed by atoms with Crippen LogP contribution < -0.4 is 10.6 Å². The average Bonchev–Trinajstić information content (AvgIpc) is 2.47. The van der Waals surface area contributed by atoms with Crippen LogP contribution in [0.3, 0.4) is 0 Å². The first-order valence-electron chi connectivity index (χ1n) is 3.93. The second-order valence-corrected chi connectivity index (χ2v) is 3.65. The molecule has 0 aliphatic carbocycles. The van der Waals surface area contributed by atoms with Crippen LogP contribution in [-0.2, 0) is 0 Å². The lowest BCUT2D eigenvalue weighted by Crippen LogP contribution is -2.21. The third-order valence-corrected chi connectivity index (χ3v) is 2.46. The summed E-state index contributed by atoms with van der Waals surface area (Å²) in [6.45, 7) is 0. The van der Waals surface area contributed by atoms with Gasteiger partial charge in [0.05, 0.1) is 0 Å². The molecule has 66 valence electrons. The molecular weight excluding hydrogens is 200 g/mol. The zero-order chi connectivity index (χ0) is 9.26. The molecule has 1 fully saturated rings. The highest BCUT2D eigenvalue weighted by Gasteiger charge is 2.24. The largest absolute Gasteiger partial charge is 0.349 e. The van der Waals surface area contributed by atoms with Gasteiger partial charge in [-0.15, -0.1) is 0 Å². The third-order valence-electron chi connectivity index (χ3n) is 1.91. The van der Waals surface area contributed by atoms with Crippen molar-refractivity contribution in [2.45, 2.75) is 6.04 Å². The Morgan fingerprint density at radius 2 is 1.77 bits per heavy atom. The molecule has 13 heavy (non-hydrogen) atoms. The van der Waals surface area contributed by atoms with Gasteiger partial charge in [-0.2, -0.15) is 0 Å². The molecule has 1 aromatic carbocycles. The summed E-state index contributed by atoms with van der Waals surface area (Å²) < 4.78 is 0. The number of hydrogen-bond donors (Lipinski definition) is 2. The number of hydrogen-bond acceptors (Lipinski definition) is 2. The van der Waals surface area contributed by atoms with Crippen LogP contribution in [0.15, 0.2) is 30.3 Å². The van der Waals surface area contributed by atoms with E-state index in [1.165, 1.54) is 0 Å². The van der Waals surface area contributed by atoms with Gasteiger partial charge in [-0.3, -0.25) is 0 Å². The summed E-state index contributed by atoms with van der Waals surface area (Å²) in [5.41, 5.74) is 1.14. The number of rotatable bonds is 1. The smallest absolute Gasteiger partial charge is 0.172 e. The van der Waals surface area contributed by atoms with Crippen molar-refractivity contribution in [1.82, 2.24) is 10.6 Å². The molecule has 2 rings (SSSR count). The van der Waals surface area contributed by atoms with E-state index in [0.717, 1.165) is 10.6 Å². The molecule has 1 aromatic rings. The highest BCUT2D eigenvalue weighted by Crippen LogP contribution is 2.16. The predicted molar refractivity (Wildman–Crippen MR) is 60.7 cm³/mol. The van der Waals surface area contributed by atoms with Crippen LogP contribution >= 0.6 is 24.4 Å². The van der Waals surface area contributed by atoms with E-state index in [1.807, 2.05) is 30.3 Å². The van der Waals surface area contributed by atoms with Gasteiger partial charge >= 0.3 is 0 Å². The minimum Gasteiger partial charge on any atom is -0.349 e. The monoisotopic (exact) mass is 208 g/mol. The van der Waals surface area contributed by atoms with Crippen LogP contribution in [0.5, 0.6) is 0 Å². The van der Waals surface area contributed by atoms with E-state index in [-0.39, 0.29) is 6.04 Å². The van der Waals surface area contributed by atoms with Crippen LogP contribution in [0.2, 0.25) is 0 Å². The Balaban J connectivity index is 2.28. The third kappa shape index (κ3) is 1.68. The fourth-order valence-electron chi connectivity index (χ4n) is 1.30. The molecular formula is C9H8N2S2. The van der Waals surface area contributed by atoms with Crippen LogP contribution in [0.25, 0.3) is 0 Å². The normalized spacial score (nSPS) is 21.1. The van der Waals surface area contributed by atoms with E-state index in [1.54, 1.807) is 0 Å². The molecule has 1 saturated heterocycles. The summed E-state index contributed by atoms with van der Waals surface area (Å²) in [5.74, 6) is 0. The van der Waals surface area contributed by atoms with E-state index in [9.17, 15) is 0 Å². The van der Waals surface area contributed by atoms with Crippen LogP contribution in [0.4, 0.5) is 0 Å². The minimum atomic E-state index is 0.0451. The lowest BCUT2D eigenvalue weighted by molar-refractivity contribution is 0.881. The summed E-state index contributed by atoms with van der Waals surface area (Å²) in [4.78, 5) is 0.746. The van der Waals surface area contributed by atoms with Crippen molar-refractivity contribution < 1.29 is 0 Å². The van der Waals surface area contributed by atoms with Crippen LogP contribution in [0.1, 0.15) is 11.6 Å². The molecule has 0 aromatic heterocycles. The summed E-state index contributed by atoms with van der Waals surface area (Å²) in [7, 11) is 0. The summed E-state index contributed by atoms with van der Waals surface area (Å²) in [6.07, 6.45) is 0. The van der Waals surface area contributed by atoms with E-state index < -0.39 is 0 Å². The van der Waals surface area contributed by atoms with Gasteiger partial charge in [-0.05, 0) is 17.8 Å². The molecule has 2 nitrogen and oxygen atoms in total. The van der Waals surface area contributed by atoms with Gasteiger partial charge < -0.3 is 10.6 Å². The Bertz CT molecular complexity index is 348. The molecule has 0 radical (unpaired) electrons. The highest BCUT2D eigenvalue weighted by molar-refractivity contribution is 7.82. The maximum absolute atomic E-state index is 5.14. The van der Waals surface area contributed by atoms with Gasteiger partial charge in [0, 0.05) is 0 Å². The fraction of sp³-hybridized carbons (Fsp3) is 0.111. The SMILES string of the molecule is S=C1NC(=S)C(c2ccccc2)N1. The van der Waals surface area contributed by atoms with Crippen LogP contribution in [0, 0.1) is 0 Å². The molecule has 1 aliphatic heterocycles. The Hall–Kier alpha value is -1.00.